The molecule has 0 aliphatic heterocycles. The van der Waals surface area contributed by atoms with Crippen molar-refractivity contribution in [1.82, 2.24) is 23.6 Å². The van der Waals surface area contributed by atoms with Crippen LogP contribution in [0.4, 0.5) is 0 Å². The minimum absolute atomic E-state index is 0.269. The van der Waals surface area contributed by atoms with Crippen LogP contribution in [0.25, 0.3) is 0 Å². The highest BCUT2D eigenvalue weighted by Crippen LogP contribution is 2.35. The summed E-state index contributed by atoms with van der Waals surface area (Å²) in [6.07, 6.45) is 0. The van der Waals surface area contributed by atoms with E-state index in [0.29, 0.717) is 5.56 Å². The van der Waals surface area contributed by atoms with Crippen LogP contribution in [0.2, 0.25) is 0 Å². The van der Waals surface area contributed by atoms with Crippen LogP contribution in [0.5, 0.6) is 11.8 Å². The SMILES string of the molecule is CCNCC.Cc1ccc(C(c2c(O)n(C)c(=O)n(C)c2=O)c2c(O)n(C)c(=O)n(C)c2=O)cc1. The number of aromatic hydroxyl groups is 2. The molecule has 0 aliphatic rings. The van der Waals surface area contributed by atoms with Gasteiger partial charge in [0.05, 0.1) is 17.0 Å². The summed E-state index contributed by atoms with van der Waals surface area (Å²) in [5.74, 6) is -2.51. The average Bonchev–Trinajstić information content (AvgIpc) is 2.84. The van der Waals surface area contributed by atoms with Crippen molar-refractivity contribution in [3.05, 3.63) is 88.2 Å². The van der Waals surface area contributed by atoms with Crippen LogP contribution in [-0.4, -0.2) is 41.6 Å². The van der Waals surface area contributed by atoms with Crippen LogP contribution in [0.1, 0.15) is 42.0 Å². The third-order valence-corrected chi connectivity index (χ3v) is 5.82. The van der Waals surface area contributed by atoms with Crippen molar-refractivity contribution in [2.75, 3.05) is 13.1 Å². The summed E-state index contributed by atoms with van der Waals surface area (Å²) in [7, 11) is 5.06. The Morgan fingerprint density at radius 3 is 1.40 bits per heavy atom. The average molecular weight is 488 g/mol. The highest BCUT2D eigenvalue weighted by Gasteiger charge is 2.32. The molecule has 1 aromatic carbocycles. The van der Waals surface area contributed by atoms with Gasteiger partial charge in [0.2, 0.25) is 11.8 Å². The summed E-state index contributed by atoms with van der Waals surface area (Å²) >= 11 is 0. The lowest BCUT2D eigenvalue weighted by Crippen LogP contribution is -2.42. The van der Waals surface area contributed by atoms with Gasteiger partial charge in [-0.3, -0.25) is 27.9 Å². The predicted octanol–water partition coefficient (Wildman–Crippen LogP) is -0.00298. The van der Waals surface area contributed by atoms with Crippen molar-refractivity contribution in [1.29, 1.82) is 0 Å². The predicted molar refractivity (Wildman–Crippen MR) is 134 cm³/mol. The van der Waals surface area contributed by atoms with Gasteiger partial charge >= 0.3 is 11.4 Å². The molecular weight excluding hydrogens is 454 g/mol. The highest BCUT2D eigenvalue weighted by atomic mass is 16.3. The molecule has 35 heavy (non-hydrogen) atoms. The maximum Gasteiger partial charge on any atom is 0.333 e. The molecule has 0 saturated heterocycles. The fraction of sp³-hybridized carbons (Fsp3) is 0.417. The maximum atomic E-state index is 13.0. The minimum Gasteiger partial charge on any atom is -0.494 e. The highest BCUT2D eigenvalue weighted by molar-refractivity contribution is 5.48. The van der Waals surface area contributed by atoms with Gasteiger partial charge in [-0.2, -0.15) is 0 Å². The Hall–Kier alpha value is -3.86. The third-order valence-electron chi connectivity index (χ3n) is 5.82. The molecule has 3 N–H and O–H groups in total. The van der Waals surface area contributed by atoms with E-state index in [9.17, 15) is 29.4 Å². The van der Waals surface area contributed by atoms with E-state index in [-0.39, 0.29) is 11.1 Å². The van der Waals surface area contributed by atoms with Crippen LogP contribution >= 0.6 is 0 Å². The first-order valence-electron chi connectivity index (χ1n) is 11.2. The number of hydrogen-bond donors (Lipinski definition) is 3. The molecule has 0 radical (unpaired) electrons. The summed E-state index contributed by atoms with van der Waals surface area (Å²) in [4.78, 5) is 50.4. The molecular formula is C24H33N5O6. The number of benzene rings is 1. The molecule has 0 saturated carbocycles. The van der Waals surface area contributed by atoms with E-state index in [4.69, 9.17) is 0 Å². The van der Waals surface area contributed by atoms with Gasteiger partial charge in [0.15, 0.2) is 0 Å². The van der Waals surface area contributed by atoms with Crippen molar-refractivity contribution >= 4 is 0 Å². The van der Waals surface area contributed by atoms with Gasteiger partial charge < -0.3 is 15.5 Å². The smallest absolute Gasteiger partial charge is 0.333 e. The molecule has 3 aromatic rings. The molecule has 0 aliphatic carbocycles. The second kappa shape index (κ2) is 11.0. The summed E-state index contributed by atoms with van der Waals surface area (Å²) in [5.41, 5.74) is -2.36. The molecule has 2 aromatic heterocycles. The van der Waals surface area contributed by atoms with Gasteiger partial charge in [0.1, 0.15) is 0 Å². The first-order valence-corrected chi connectivity index (χ1v) is 11.2. The third kappa shape index (κ3) is 5.14. The van der Waals surface area contributed by atoms with E-state index in [0.717, 1.165) is 36.9 Å². The number of aryl methyl sites for hydroxylation is 1. The first-order chi connectivity index (χ1) is 16.4. The Labute approximate surface area is 202 Å². The summed E-state index contributed by atoms with van der Waals surface area (Å²) in [5, 5.41) is 24.5. The lowest BCUT2D eigenvalue weighted by atomic mass is 9.86. The topological polar surface area (TPSA) is 140 Å². The molecule has 11 heteroatoms. The molecule has 190 valence electrons. The van der Waals surface area contributed by atoms with Crippen molar-refractivity contribution in [2.45, 2.75) is 26.7 Å². The van der Waals surface area contributed by atoms with E-state index in [1.807, 2.05) is 6.92 Å². The van der Waals surface area contributed by atoms with Crippen molar-refractivity contribution in [2.24, 2.45) is 28.2 Å². The van der Waals surface area contributed by atoms with Crippen LogP contribution in [0.3, 0.4) is 0 Å². The molecule has 0 atom stereocenters. The van der Waals surface area contributed by atoms with Crippen LogP contribution < -0.4 is 27.8 Å². The molecule has 0 amide bonds. The van der Waals surface area contributed by atoms with E-state index in [2.05, 4.69) is 19.2 Å². The molecule has 0 fully saturated rings. The Balaban J connectivity index is 0.000000784. The van der Waals surface area contributed by atoms with Gasteiger partial charge in [-0.1, -0.05) is 43.7 Å². The van der Waals surface area contributed by atoms with Gasteiger partial charge in [-0.15, -0.1) is 0 Å². The van der Waals surface area contributed by atoms with Crippen LogP contribution in [-0.2, 0) is 28.2 Å². The Morgan fingerprint density at radius 2 is 1.09 bits per heavy atom. The summed E-state index contributed by atoms with van der Waals surface area (Å²) in [6, 6.07) is 6.78. The van der Waals surface area contributed by atoms with E-state index < -0.39 is 40.2 Å². The number of nitrogens with one attached hydrogen (secondary N) is 1. The normalized spacial score (nSPS) is 10.9. The summed E-state index contributed by atoms with van der Waals surface area (Å²) < 4.78 is 3.36. The Kier molecular flexibility index (Phi) is 8.64. The van der Waals surface area contributed by atoms with E-state index in [1.165, 1.54) is 28.2 Å². The van der Waals surface area contributed by atoms with Gasteiger partial charge in [-0.25, -0.2) is 9.59 Å². The molecule has 2 heterocycles. The van der Waals surface area contributed by atoms with Crippen molar-refractivity contribution < 1.29 is 10.2 Å². The van der Waals surface area contributed by atoms with Gasteiger partial charge in [0, 0.05) is 28.2 Å². The second-order valence-corrected chi connectivity index (χ2v) is 8.19. The zero-order valence-electron chi connectivity index (χ0n) is 21.1. The van der Waals surface area contributed by atoms with Gasteiger partial charge in [0.25, 0.3) is 11.1 Å². The zero-order valence-corrected chi connectivity index (χ0v) is 21.1. The standard InChI is InChI=1S/C20H22N4O6.C4H11N/c1-10-6-8-11(9-7-10)12(13-15(25)21(2)19(29)22(3)16(13)26)14-17(27)23(4)20(30)24(5)18(14)28;1-3-5-4-2/h6-9,12,25,27H,1-5H3;5H,3-4H2,1-2H3. The van der Waals surface area contributed by atoms with Crippen molar-refractivity contribution in [3.8, 4) is 11.8 Å². The largest absolute Gasteiger partial charge is 0.494 e. The summed E-state index contributed by atoms with van der Waals surface area (Å²) in [6.45, 7) is 8.24. The first kappa shape index (κ1) is 27.4. The molecule has 0 spiro atoms. The zero-order chi connectivity index (χ0) is 26.6. The lowest BCUT2D eigenvalue weighted by Gasteiger charge is -2.22. The number of aromatic nitrogens is 4. The second-order valence-electron chi connectivity index (χ2n) is 8.19. The molecule has 0 unspecified atom stereocenters. The van der Waals surface area contributed by atoms with Crippen LogP contribution in [0, 0.1) is 6.92 Å². The van der Waals surface area contributed by atoms with E-state index >= 15 is 0 Å². The van der Waals surface area contributed by atoms with Crippen LogP contribution in [0.15, 0.2) is 43.4 Å². The quantitative estimate of drug-likeness (QED) is 0.460. The molecule has 0 bridgehead atoms. The van der Waals surface area contributed by atoms with Gasteiger partial charge in [-0.05, 0) is 25.6 Å². The van der Waals surface area contributed by atoms with E-state index in [1.54, 1.807) is 24.3 Å². The van der Waals surface area contributed by atoms with Crippen molar-refractivity contribution in [3.63, 3.8) is 0 Å². The minimum atomic E-state index is -1.23. The number of hydrogen-bond acceptors (Lipinski definition) is 7. The Bertz CT molecular complexity index is 1360. The monoisotopic (exact) mass is 487 g/mol. The Morgan fingerprint density at radius 1 is 0.714 bits per heavy atom. The maximum absolute atomic E-state index is 13.0. The number of nitrogens with zero attached hydrogens (tertiary/aromatic N) is 4. The molecule has 3 rings (SSSR count). The lowest BCUT2D eigenvalue weighted by molar-refractivity contribution is 0.391. The fourth-order valence-corrected chi connectivity index (χ4v) is 3.71. The molecule has 11 nitrogen and oxygen atoms in total. The fourth-order valence-electron chi connectivity index (χ4n) is 3.71. The number of rotatable bonds is 5.